The molecule has 0 radical (unpaired) electrons. The second-order valence-corrected chi connectivity index (χ2v) is 5.03. The van der Waals surface area contributed by atoms with Gasteiger partial charge in [0, 0.05) is 31.5 Å². The summed E-state index contributed by atoms with van der Waals surface area (Å²) in [6.45, 7) is 7.20. The SMILES string of the molecule is C[C@@H](Cn1cccn1)NCC(=O)N1CCO[C@@H](C)C1. The highest BCUT2D eigenvalue weighted by atomic mass is 16.5. The van der Waals surface area contributed by atoms with E-state index in [4.69, 9.17) is 4.74 Å². The molecule has 1 aromatic heterocycles. The van der Waals surface area contributed by atoms with E-state index in [1.54, 1.807) is 6.20 Å². The first kappa shape index (κ1) is 14.0. The van der Waals surface area contributed by atoms with Gasteiger partial charge in [0.05, 0.1) is 25.8 Å². The lowest BCUT2D eigenvalue weighted by Crippen LogP contribution is -2.48. The second kappa shape index (κ2) is 6.68. The molecule has 2 heterocycles. The maximum absolute atomic E-state index is 12.0. The summed E-state index contributed by atoms with van der Waals surface area (Å²) < 4.78 is 7.29. The third-order valence-electron chi connectivity index (χ3n) is 3.22. The lowest BCUT2D eigenvalue weighted by atomic mass is 10.3. The zero-order valence-corrected chi connectivity index (χ0v) is 11.6. The molecule has 1 aromatic rings. The summed E-state index contributed by atoms with van der Waals surface area (Å²) >= 11 is 0. The van der Waals surface area contributed by atoms with E-state index in [2.05, 4.69) is 17.3 Å². The predicted octanol–water partition coefficient (Wildman–Crippen LogP) is 0.109. The third kappa shape index (κ3) is 4.33. The molecule has 6 nitrogen and oxygen atoms in total. The molecule has 19 heavy (non-hydrogen) atoms. The maximum Gasteiger partial charge on any atom is 0.236 e. The van der Waals surface area contributed by atoms with E-state index in [1.807, 2.05) is 28.8 Å². The Labute approximate surface area is 113 Å². The molecule has 0 aromatic carbocycles. The molecule has 6 heteroatoms. The van der Waals surface area contributed by atoms with Gasteiger partial charge in [-0.2, -0.15) is 5.10 Å². The third-order valence-corrected chi connectivity index (χ3v) is 3.22. The highest BCUT2D eigenvalue weighted by molar-refractivity contribution is 5.78. The maximum atomic E-state index is 12.0. The Bertz CT molecular complexity index is 393. The van der Waals surface area contributed by atoms with Gasteiger partial charge in [-0.1, -0.05) is 0 Å². The molecule has 2 rings (SSSR count). The number of ether oxygens (including phenoxy) is 1. The summed E-state index contributed by atoms with van der Waals surface area (Å²) in [5.41, 5.74) is 0. The van der Waals surface area contributed by atoms with Crippen LogP contribution in [-0.2, 0) is 16.1 Å². The van der Waals surface area contributed by atoms with Gasteiger partial charge in [0.1, 0.15) is 0 Å². The molecule has 0 spiro atoms. The smallest absolute Gasteiger partial charge is 0.236 e. The molecule has 106 valence electrons. The molecule has 0 unspecified atom stereocenters. The molecule has 1 amide bonds. The summed E-state index contributed by atoms with van der Waals surface area (Å²) in [5, 5.41) is 7.39. The van der Waals surface area contributed by atoms with Crippen molar-refractivity contribution in [3.63, 3.8) is 0 Å². The highest BCUT2D eigenvalue weighted by Gasteiger charge is 2.21. The molecule has 1 fully saturated rings. The lowest BCUT2D eigenvalue weighted by Gasteiger charge is -2.31. The van der Waals surface area contributed by atoms with Crippen molar-refractivity contribution < 1.29 is 9.53 Å². The molecule has 1 aliphatic rings. The van der Waals surface area contributed by atoms with E-state index in [0.29, 0.717) is 26.2 Å². The topological polar surface area (TPSA) is 59.4 Å². The van der Waals surface area contributed by atoms with Crippen LogP contribution in [0.25, 0.3) is 0 Å². The van der Waals surface area contributed by atoms with Crippen molar-refractivity contribution in [1.82, 2.24) is 20.0 Å². The van der Waals surface area contributed by atoms with Crippen molar-refractivity contribution in [2.45, 2.75) is 32.5 Å². The van der Waals surface area contributed by atoms with Gasteiger partial charge < -0.3 is 15.0 Å². The Morgan fingerprint density at radius 1 is 1.63 bits per heavy atom. The highest BCUT2D eigenvalue weighted by Crippen LogP contribution is 2.04. The molecule has 0 aliphatic carbocycles. The quantitative estimate of drug-likeness (QED) is 0.822. The van der Waals surface area contributed by atoms with Crippen molar-refractivity contribution in [2.75, 3.05) is 26.2 Å². The van der Waals surface area contributed by atoms with Crippen LogP contribution in [0, 0.1) is 0 Å². The normalized spacial score (nSPS) is 21.4. The number of rotatable bonds is 5. The first-order valence-corrected chi connectivity index (χ1v) is 6.75. The van der Waals surface area contributed by atoms with Crippen LogP contribution >= 0.6 is 0 Å². The fraction of sp³-hybridized carbons (Fsp3) is 0.692. The molecule has 0 bridgehead atoms. The Balaban J connectivity index is 1.70. The molecule has 2 atom stereocenters. The van der Waals surface area contributed by atoms with E-state index in [9.17, 15) is 4.79 Å². The van der Waals surface area contributed by atoms with E-state index in [-0.39, 0.29) is 18.1 Å². The van der Waals surface area contributed by atoms with E-state index in [1.165, 1.54) is 0 Å². The van der Waals surface area contributed by atoms with Crippen LogP contribution in [0.5, 0.6) is 0 Å². The van der Waals surface area contributed by atoms with Gasteiger partial charge >= 0.3 is 0 Å². The van der Waals surface area contributed by atoms with Gasteiger partial charge in [0.2, 0.25) is 5.91 Å². The number of carbonyl (C=O) groups excluding carboxylic acids is 1. The molecule has 0 saturated carbocycles. The van der Waals surface area contributed by atoms with Crippen molar-refractivity contribution in [1.29, 1.82) is 0 Å². The van der Waals surface area contributed by atoms with Crippen LogP contribution in [0.15, 0.2) is 18.5 Å². The number of nitrogens with zero attached hydrogens (tertiary/aromatic N) is 3. The Morgan fingerprint density at radius 2 is 2.47 bits per heavy atom. The van der Waals surface area contributed by atoms with Crippen molar-refractivity contribution in [3.05, 3.63) is 18.5 Å². The first-order valence-electron chi connectivity index (χ1n) is 6.75. The summed E-state index contributed by atoms with van der Waals surface area (Å²) in [5.74, 6) is 0.141. The van der Waals surface area contributed by atoms with Crippen LogP contribution in [0.2, 0.25) is 0 Å². The number of amides is 1. The second-order valence-electron chi connectivity index (χ2n) is 5.03. The van der Waals surface area contributed by atoms with Crippen LogP contribution in [0.3, 0.4) is 0 Å². The fourth-order valence-corrected chi connectivity index (χ4v) is 2.17. The van der Waals surface area contributed by atoms with Gasteiger partial charge in [-0.05, 0) is 19.9 Å². The molecular weight excluding hydrogens is 244 g/mol. The van der Waals surface area contributed by atoms with Gasteiger partial charge in [0.15, 0.2) is 0 Å². The van der Waals surface area contributed by atoms with Crippen molar-refractivity contribution in [3.8, 4) is 0 Å². The minimum absolute atomic E-state index is 0.138. The van der Waals surface area contributed by atoms with Crippen LogP contribution in [0.4, 0.5) is 0 Å². The van der Waals surface area contributed by atoms with Gasteiger partial charge in [-0.3, -0.25) is 9.48 Å². The summed E-state index contributed by atoms with van der Waals surface area (Å²) in [7, 11) is 0. The van der Waals surface area contributed by atoms with E-state index in [0.717, 1.165) is 6.54 Å². The molecular formula is C13H22N4O2. The minimum atomic E-state index is 0.138. The molecule has 1 aliphatic heterocycles. The number of hydrogen-bond acceptors (Lipinski definition) is 4. The van der Waals surface area contributed by atoms with Gasteiger partial charge in [-0.15, -0.1) is 0 Å². The Hall–Kier alpha value is -1.40. The summed E-state index contributed by atoms with van der Waals surface area (Å²) in [6.07, 6.45) is 3.82. The van der Waals surface area contributed by atoms with Crippen LogP contribution in [-0.4, -0.2) is 59.0 Å². The minimum Gasteiger partial charge on any atom is -0.375 e. The largest absolute Gasteiger partial charge is 0.375 e. The Kier molecular flexibility index (Phi) is 4.93. The summed E-state index contributed by atoms with van der Waals surface area (Å²) in [6, 6.07) is 2.11. The number of aromatic nitrogens is 2. The van der Waals surface area contributed by atoms with E-state index < -0.39 is 0 Å². The predicted molar refractivity (Wildman–Crippen MR) is 71.7 cm³/mol. The lowest BCUT2D eigenvalue weighted by molar-refractivity contribution is -0.137. The fourth-order valence-electron chi connectivity index (χ4n) is 2.17. The number of morpholine rings is 1. The Morgan fingerprint density at radius 3 is 3.16 bits per heavy atom. The summed E-state index contributed by atoms with van der Waals surface area (Å²) in [4.78, 5) is 13.9. The molecule has 1 saturated heterocycles. The van der Waals surface area contributed by atoms with Gasteiger partial charge in [-0.25, -0.2) is 0 Å². The zero-order valence-electron chi connectivity index (χ0n) is 11.6. The number of carbonyl (C=O) groups is 1. The average Bonchev–Trinajstić information content (AvgIpc) is 2.88. The van der Waals surface area contributed by atoms with Gasteiger partial charge in [0.25, 0.3) is 0 Å². The van der Waals surface area contributed by atoms with E-state index >= 15 is 0 Å². The standard InChI is InChI=1S/C13H22N4O2/c1-11(9-17-5-3-4-15-17)14-8-13(18)16-6-7-19-12(2)10-16/h3-5,11-12,14H,6-10H2,1-2H3/t11-,12-/m0/s1. The van der Waals surface area contributed by atoms with Crippen LogP contribution < -0.4 is 5.32 Å². The zero-order chi connectivity index (χ0) is 13.7. The molecule has 1 N–H and O–H groups in total. The van der Waals surface area contributed by atoms with Crippen LogP contribution in [0.1, 0.15) is 13.8 Å². The number of nitrogens with one attached hydrogen (secondary N) is 1. The average molecular weight is 266 g/mol. The first-order chi connectivity index (χ1) is 9.15. The van der Waals surface area contributed by atoms with Crippen molar-refractivity contribution >= 4 is 5.91 Å². The van der Waals surface area contributed by atoms with Crippen molar-refractivity contribution in [2.24, 2.45) is 0 Å². The monoisotopic (exact) mass is 266 g/mol. The number of hydrogen-bond donors (Lipinski definition) is 1.